The number of ether oxygens (including phenoxy) is 3. The number of hydrogen-bond acceptors (Lipinski definition) is 10. The lowest BCUT2D eigenvalue weighted by Gasteiger charge is -2.40. The lowest BCUT2D eigenvalue weighted by atomic mass is 9.99. The van der Waals surface area contributed by atoms with Crippen LogP contribution in [0.3, 0.4) is 0 Å². The van der Waals surface area contributed by atoms with Gasteiger partial charge in [0.25, 0.3) is 0 Å². The van der Waals surface area contributed by atoms with Crippen molar-refractivity contribution in [2.24, 2.45) is 0 Å². The number of carbonyl (C=O) groups is 2. The molecule has 1 aliphatic heterocycles. The maximum absolute atomic E-state index is 13.0. The zero-order chi connectivity index (χ0) is 65.1. The van der Waals surface area contributed by atoms with Crippen molar-refractivity contribution in [2.75, 3.05) is 19.8 Å². The average Bonchev–Trinajstić information content (AvgIpc) is 0.957. The van der Waals surface area contributed by atoms with Gasteiger partial charge >= 0.3 is 5.97 Å². The third-order valence-electron chi connectivity index (χ3n) is 19.4. The molecule has 1 aliphatic rings. The fourth-order valence-electron chi connectivity index (χ4n) is 13.1. The lowest BCUT2D eigenvalue weighted by molar-refractivity contribution is -0.302. The second kappa shape index (κ2) is 68.8. The van der Waals surface area contributed by atoms with E-state index in [2.05, 4.69) is 19.2 Å². The van der Waals surface area contributed by atoms with E-state index in [1.165, 1.54) is 340 Å². The molecule has 1 rings (SSSR count). The van der Waals surface area contributed by atoms with Crippen LogP contribution >= 0.6 is 0 Å². The van der Waals surface area contributed by atoms with Gasteiger partial charge in [-0.1, -0.05) is 386 Å². The molecule has 6 N–H and O–H groups in total. The number of rotatable bonds is 72. The van der Waals surface area contributed by atoms with Crippen LogP contribution in [0.4, 0.5) is 0 Å². The summed E-state index contributed by atoms with van der Waals surface area (Å²) in [6.45, 7) is 4.38. The van der Waals surface area contributed by atoms with Gasteiger partial charge in [-0.15, -0.1) is 0 Å². The van der Waals surface area contributed by atoms with Crippen molar-refractivity contribution in [3.63, 3.8) is 0 Å². The van der Waals surface area contributed by atoms with Crippen LogP contribution in [0.5, 0.6) is 0 Å². The Kier molecular flexibility index (Phi) is 66.0. The molecule has 7 atom stereocenters. The van der Waals surface area contributed by atoms with Crippen LogP contribution in [-0.4, -0.2) is 100 Å². The molecule has 1 heterocycles. The van der Waals surface area contributed by atoms with Crippen LogP contribution in [0, 0.1) is 0 Å². The van der Waals surface area contributed by atoms with E-state index in [0.717, 1.165) is 51.4 Å². The Morgan fingerprint density at radius 3 is 1.03 bits per heavy atom. The molecule has 0 aromatic carbocycles. The summed E-state index contributed by atoms with van der Waals surface area (Å²) < 4.78 is 16.8. The normalized spacial score (nSPS) is 17.6. The van der Waals surface area contributed by atoms with Crippen LogP contribution < -0.4 is 5.32 Å². The monoisotopic (exact) mass is 1280 g/mol. The third-order valence-corrected chi connectivity index (χ3v) is 19.4. The van der Waals surface area contributed by atoms with Gasteiger partial charge in [0.2, 0.25) is 5.91 Å². The van der Waals surface area contributed by atoms with Crippen LogP contribution in [0.1, 0.15) is 418 Å². The number of aliphatic hydroxyl groups is 5. The SMILES string of the molecule is CCCCCCCCC/C=C/C(O)C(COC1OC(CO)C(O)C(O)C1O)NC(=O)CCCCCCCCCCCCCCCCCCCCCCCCCCCCCCCCCCCCCOC(=O)CCCCCCCCCCCCCCCCCCCC. The van der Waals surface area contributed by atoms with E-state index in [0.29, 0.717) is 19.4 Å². The zero-order valence-electron chi connectivity index (χ0n) is 59.6. The van der Waals surface area contributed by atoms with E-state index in [1.54, 1.807) is 6.08 Å². The van der Waals surface area contributed by atoms with E-state index in [4.69, 9.17) is 14.2 Å². The van der Waals surface area contributed by atoms with E-state index in [1.807, 2.05) is 6.08 Å². The number of amides is 1. The first kappa shape index (κ1) is 86.4. The molecule has 11 nitrogen and oxygen atoms in total. The fraction of sp³-hybridized carbons (Fsp3) is 0.949. The van der Waals surface area contributed by atoms with Gasteiger partial charge in [0, 0.05) is 12.8 Å². The van der Waals surface area contributed by atoms with Crippen molar-refractivity contribution in [1.82, 2.24) is 5.32 Å². The highest BCUT2D eigenvalue weighted by Crippen LogP contribution is 2.24. The predicted octanol–water partition coefficient (Wildman–Crippen LogP) is 21.4. The van der Waals surface area contributed by atoms with Crippen molar-refractivity contribution in [2.45, 2.75) is 461 Å². The van der Waals surface area contributed by atoms with Gasteiger partial charge in [0.1, 0.15) is 24.4 Å². The summed E-state index contributed by atoms with van der Waals surface area (Å²) in [6, 6.07) is -0.804. The van der Waals surface area contributed by atoms with Crippen molar-refractivity contribution in [1.29, 1.82) is 0 Å². The molecule has 1 fully saturated rings. The smallest absolute Gasteiger partial charge is 0.305 e. The molecular formula is C79H153NO10. The van der Waals surface area contributed by atoms with Crippen molar-refractivity contribution in [3.8, 4) is 0 Å². The Bertz CT molecular complexity index is 1500. The molecule has 1 saturated heterocycles. The molecule has 90 heavy (non-hydrogen) atoms. The third kappa shape index (κ3) is 56.7. The molecule has 0 aromatic heterocycles. The zero-order valence-corrected chi connectivity index (χ0v) is 59.6. The van der Waals surface area contributed by atoms with Gasteiger partial charge < -0.3 is 45.1 Å². The van der Waals surface area contributed by atoms with Gasteiger partial charge in [-0.05, 0) is 32.1 Å². The summed E-state index contributed by atoms with van der Waals surface area (Å²) in [7, 11) is 0. The second-order valence-electron chi connectivity index (χ2n) is 28.1. The summed E-state index contributed by atoms with van der Waals surface area (Å²) in [4.78, 5) is 25.2. The van der Waals surface area contributed by atoms with Gasteiger partial charge in [-0.3, -0.25) is 9.59 Å². The van der Waals surface area contributed by atoms with Gasteiger partial charge in [0.15, 0.2) is 6.29 Å². The van der Waals surface area contributed by atoms with Crippen LogP contribution in [0.2, 0.25) is 0 Å². The highest BCUT2D eigenvalue weighted by Gasteiger charge is 2.44. The van der Waals surface area contributed by atoms with Crippen molar-refractivity contribution >= 4 is 11.9 Å². The van der Waals surface area contributed by atoms with Crippen LogP contribution in [0.25, 0.3) is 0 Å². The molecule has 0 spiro atoms. The first-order chi connectivity index (χ1) is 44.2. The molecule has 1 amide bonds. The molecular weight excluding hydrogens is 1120 g/mol. The van der Waals surface area contributed by atoms with E-state index >= 15 is 0 Å². The number of carbonyl (C=O) groups excluding carboxylic acids is 2. The summed E-state index contributed by atoms with van der Waals surface area (Å²) in [5, 5.41) is 54.3. The topological polar surface area (TPSA) is 175 Å². The van der Waals surface area contributed by atoms with Gasteiger partial charge in [0.05, 0.1) is 32.0 Å². The quantitative estimate of drug-likeness (QED) is 0.0195. The van der Waals surface area contributed by atoms with Crippen molar-refractivity contribution in [3.05, 3.63) is 12.2 Å². The first-order valence-electron chi connectivity index (χ1n) is 40.0. The van der Waals surface area contributed by atoms with E-state index in [-0.39, 0.29) is 18.5 Å². The number of unbranched alkanes of at least 4 members (excludes halogenated alkanes) is 58. The van der Waals surface area contributed by atoms with Gasteiger partial charge in [-0.25, -0.2) is 0 Å². The van der Waals surface area contributed by atoms with Crippen LogP contribution in [-0.2, 0) is 23.8 Å². The number of allylic oxidation sites excluding steroid dienone is 1. The highest BCUT2D eigenvalue weighted by molar-refractivity contribution is 5.76. The molecule has 0 saturated carbocycles. The van der Waals surface area contributed by atoms with E-state index < -0.39 is 49.5 Å². The van der Waals surface area contributed by atoms with Gasteiger partial charge in [-0.2, -0.15) is 0 Å². The number of hydrogen-bond donors (Lipinski definition) is 6. The molecule has 11 heteroatoms. The minimum atomic E-state index is -1.57. The minimum absolute atomic E-state index is 0.0214. The van der Waals surface area contributed by atoms with E-state index in [9.17, 15) is 35.1 Å². The lowest BCUT2D eigenvalue weighted by Crippen LogP contribution is -2.60. The highest BCUT2D eigenvalue weighted by atomic mass is 16.7. The Morgan fingerprint density at radius 2 is 0.700 bits per heavy atom. The number of nitrogens with one attached hydrogen (secondary N) is 1. The first-order valence-corrected chi connectivity index (χ1v) is 40.0. The molecule has 0 radical (unpaired) electrons. The Balaban J connectivity index is 1.83. The molecule has 7 unspecified atom stereocenters. The Labute approximate surface area is 557 Å². The van der Waals surface area contributed by atoms with Crippen LogP contribution in [0.15, 0.2) is 12.2 Å². The Morgan fingerprint density at radius 1 is 0.400 bits per heavy atom. The predicted molar refractivity (Wildman–Crippen MR) is 380 cm³/mol. The molecule has 0 aliphatic carbocycles. The average molecular weight is 1280 g/mol. The maximum atomic E-state index is 13.0. The number of aliphatic hydroxyl groups excluding tert-OH is 5. The summed E-state index contributed by atoms with van der Waals surface area (Å²) in [6.07, 6.45) is 77.0. The number of esters is 1. The summed E-state index contributed by atoms with van der Waals surface area (Å²) >= 11 is 0. The molecule has 534 valence electrons. The summed E-state index contributed by atoms with van der Waals surface area (Å²) in [5.41, 5.74) is 0. The van der Waals surface area contributed by atoms with Crippen molar-refractivity contribution < 1.29 is 49.3 Å². The minimum Gasteiger partial charge on any atom is -0.466 e. The molecule has 0 bridgehead atoms. The fourth-order valence-corrected chi connectivity index (χ4v) is 13.1. The largest absolute Gasteiger partial charge is 0.466 e. The Hall–Kier alpha value is -1.60. The second-order valence-corrected chi connectivity index (χ2v) is 28.1. The molecule has 0 aromatic rings. The maximum Gasteiger partial charge on any atom is 0.305 e. The standard InChI is InChI=1S/C79H153NO10/c1-3-5-7-9-11-13-14-15-16-17-38-41-44-47-51-55-59-63-67-75(84)88-68-64-60-56-52-48-45-42-39-36-34-32-30-28-26-24-22-20-18-19-21-23-25-27-29-31-33-35-37-40-43-46-50-54-58-62-66-74(83)80-71(72(82)65-61-57-53-49-12-10-8-6-4-2)70-89-79-78(87)77(86)76(85)73(69-81)90-79/h61,65,71-73,76-79,81-82,85-87H,3-60,62-64,66-70H2,1-2H3,(H,80,83)/b65-61+. The summed E-state index contributed by atoms with van der Waals surface area (Å²) in [5.74, 6) is -0.155.